The van der Waals surface area contributed by atoms with Crippen LogP contribution in [0.3, 0.4) is 0 Å². The maximum absolute atomic E-state index is 12.9. The molecule has 3 heterocycles. The zero-order chi connectivity index (χ0) is 22.8. The molecule has 1 amide bonds. The number of ether oxygens (including phenoxy) is 2. The first kappa shape index (κ1) is 22.5. The highest BCUT2D eigenvalue weighted by atomic mass is 32.2. The van der Waals surface area contributed by atoms with Crippen molar-refractivity contribution < 1.29 is 23.9 Å². The van der Waals surface area contributed by atoms with Crippen molar-refractivity contribution in [2.75, 3.05) is 17.7 Å². The molecule has 13 heteroatoms. The van der Waals surface area contributed by atoms with Gasteiger partial charge in [-0.2, -0.15) is 0 Å². The van der Waals surface area contributed by atoms with Crippen molar-refractivity contribution in [1.29, 1.82) is 0 Å². The van der Waals surface area contributed by atoms with Crippen molar-refractivity contribution in [2.24, 2.45) is 5.11 Å². The molecule has 0 aromatic carbocycles. The highest BCUT2D eigenvalue weighted by Crippen LogP contribution is 2.42. The van der Waals surface area contributed by atoms with Crippen LogP contribution in [0.15, 0.2) is 22.6 Å². The van der Waals surface area contributed by atoms with Crippen LogP contribution in [0.4, 0.5) is 5.95 Å². The molecule has 2 aliphatic rings. The number of hydrogen-bond acceptors (Lipinski definition) is 9. The van der Waals surface area contributed by atoms with E-state index in [4.69, 9.17) is 15.0 Å². The Morgan fingerprint density at radius 1 is 1.48 bits per heavy atom. The van der Waals surface area contributed by atoms with E-state index in [2.05, 4.69) is 25.3 Å². The molecule has 31 heavy (non-hydrogen) atoms. The molecule has 166 valence electrons. The van der Waals surface area contributed by atoms with E-state index >= 15 is 0 Å². The number of esters is 2. The first-order chi connectivity index (χ1) is 14.6. The highest BCUT2D eigenvalue weighted by Gasteiger charge is 2.54. The Kier molecular flexibility index (Phi) is 6.46. The van der Waals surface area contributed by atoms with E-state index in [1.54, 1.807) is 20.8 Å². The fourth-order valence-electron chi connectivity index (χ4n) is 3.07. The summed E-state index contributed by atoms with van der Waals surface area (Å²) in [6, 6.07) is -0.615. The number of anilines is 1. The Morgan fingerprint density at radius 2 is 2.23 bits per heavy atom. The lowest BCUT2D eigenvalue weighted by Gasteiger charge is -2.49. The number of β-lactam (4-membered cyclic amide) rings is 1. The Hall–Kier alpha value is -3.18. The average Bonchev–Trinajstić information content (AvgIpc) is 3.14. The Labute approximate surface area is 182 Å². The van der Waals surface area contributed by atoms with Gasteiger partial charge in [0.05, 0.1) is 12.7 Å². The van der Waals surface area contributed by atoms with Gasteiger partial charge in [-0.1, -0.05) is 5.11 Å². The minimum absolute atomic E-state index is 0.0908. The number of nitrogens with one attached hydrogen (secondary N) is 2. The quantitative estimate of drug-likeness (QED) is 0.210. The number of imidazole rings is 1. The number of nitrogens with zero attached hydrogens (tertiary/aromatic N) is 5. The molecule has 0 spiro atoms. The van der Waals surface area contributed by atoms with Crippen LogP contribution >= 0.6 is 11.8 Å². The number of rotatable bonds is 7. The molecule has 0 saturated carbocycles. The van der Waals surface area contributed by atoms with E-state index in [1.165, 1.54) is 29.8 Å². The standard InChI is InChI=1S/C18H23N7O5S/c1-9(26)29-7-10-8-31-15-12(23-17-20-5-11(22-17)6-21-24-19)14(27)25(15)13(10)16(28)30-18(2,3)4/h5,12,15H,6-8H2,1-4H3,(H2,20,22,23)/t12?,15-/m1/s1. The zero-order valence-corrected chi connectivity index (χ0v) is 18.4. The summed E-state index contributed by atoms with van der Waals surface area (Å²) >= 11 is 1.44. The number of aromatic nitrogens is 2. The molecule has 1 fully saturated rings. The molecule has 2 aliphatic heterocycles. The third kappa shape index (κ3) is 5.12. The molecular formula is C18H23N7O5S. The minimum Gasteiger partial charge on any atom is -0.461 e. The molecule has 1 unspecified atom stereocenters. The number of aromatic amines is 1. The van der Waals surface area contributed by atoms with Gasteiger partial charge in [0.25, 0.3) is 5.91 Å². The molecular weight excluding hydrogens is 426 g/mol. The molecule has 1 aromatic rings. The maximum atomic E-state index is 12.9. The zero-order valence-electron chi connectivity index (χ0n) is 17.5. The molecule has 12 nitrogen and oxygen atoms in total. The molecule has 1 aromatic heterocycles. The van der Waals surface area contributed by atoms with Gasteiger partial charge in [-0.15, -0.1) is 11.8 Å². The van der Waals surface area contributed by atoms with E-state index in [1.807, 2.05) is 0 Å². The normalized spacial score (nSPS) is 20.4. The van der Waals surface area contributed by atoms with Gasteiger partial charge < -0.3 is 19.8 Å². The smallest absolute Gasteiger partial charge is 0.355 e. The van der Waals surface area contributed by atoms with Gasteiger partial charge in [0, 0.05) is 28.9 Å². The van der Waals surface area contributed by atoms with E-state index in [-0.39, 0.29) is 30.1 Å². The van der Waals surface area contributed by atoms with Gasteiger partial charge in [-0.05, 0) is 26.3 Å². The second-order valence-electron chi connectivity index (χ2n) is 7.91. The number of hydrogen-bond donors (Lipinski definition) is 2. The third-order valence-electron chi connectivity index (χ3n) is 4.31. The molecule has 0 radical (unpaired) electrons. The fourth-order valence-corrected chi connectivity index (χ4v) is 4.39. The Bertz CT molecular complexity index is 976. The van der Waals surface area contributed by atoms with Crippen LogP contribution in [0.25, 0.3) is 10.4 Å². The van der Waals surface area contributed by atoms with Crippen molar-refractivity contribution in [3.8, 4) is 0 Å². The highest BCUT2D eigenvalue weighted by molar-refractivity contribution is 8.00. The molecule has 1 saturated heterocycles. The summed E-state index contributed by atoms with van der Waals surface area (Å²) in [4.78, 5) is 48.2. The number of amides is 1. The van der Waals surface area contributed by atoms with Gasteiger partial charge in [0.1, 0.15) is 29.3 Å². The number of fused-ring (bicyclic) bond motifs is 1. The minimum atomic E-state index is -0.751. The summed E-state index contributed by atoms with van der Waals surface area (Å²) in [5.41, 5.74) is 8.89. The second kappa shape index (κ2) is 8.90. The van der Waals surface area contributed by atoms with Gasteiger partial charge in [-0.3, -0.25) is 14.5 Å². The molecule has 0 aliphatic carbocycles. The lowest BCUT2D eigenvalue weighted by molar-refractivity contribution is -0.157. The fraction of sp³-hybridized carbons (Fsp3) is 0.556. The van der Waals surface area contributed by atoms with E-state index < -0.39 is 23.6 Å². The van der Waals surface area contributed by atoms with Crippen molar-refractivity contribution in [3.63, 3.8) is 0 Å². The monoisotopic (exact) mass is 449 g/mol. The lowest BCUT2D eigenvalue weighted by atomic mass is 10.0. The predicted octanol–water partition coefficient (Wildman–Crippen LogP) is 2.07. The van der Waals surface area contributed by atoms with Crippen molar-refractivity contribution in [1.82, 2.24) is 14.9 Å². The summed E-state index contributed by atoms with van der Waals surface area (Å²) in [6.45, 7) is 6.50. The largest absolute Gasteiger partial charge is 0.461 e. The number of azide groups is 1. The first-order valence-corrected chi connectivity index (χ1v) is 10.5. The Balaban J connectivity index is 1.79. The van der Waals surface area contributed by atoms with Gasteiger partial charge >= 0.3 is 11.9 Å². The topological polar surface area (TPSA) is 162 Å². The first-order valence-electron chi connectivity index (χ1n) is 9.45. The third-order valence-corrected chi connectivity index (χ3v) is 5.65. The van der Waals surface area contributed by atoms with Crippen LogP contribution < -0.4 is 5.32 Å². The average molecular weight is 449 g/mol. The summed E-state index contributed by atoms with van der Waals surface area (Å²) in [5, 5.41) is 6.12. The number of carbonyl (C=O) groups excluding carboxylic acids is 3. The Morgan fingerprint density at radius 3 is 2.87 bits per heavy atom. The summed E-state index contributed by atoms with van der Waals surface area (Å²) in [5.74, 6) is -0.690. The molecule has 2 N–H and O–H groups in total. The predicted molar refractivity (Wildman–Crippen MR) is 111 cm³/mol. The van der Waals surface area contributed by atoms with E-state index in [0.29, 0.717) is 23.0 Å². The van der Waals surface area contributed by atoms with Crippen LogP contribution in [-0.4, -0.2) is 62.1 Å². The van der Waals surface area contributed by atoms with Crippen LogP contribution in [0, 0.1) is 0 Å². The van der Waals surface area contributed by atoms with Crippen LogP contribution in [0.5, 0.6) is 0 Å². The maximum Gasteiger partial charge on any atom is 0.355 e. The van der Waals surface area contributed by atoms with Crippen LogP contribution in [0.1, 0.15) is 33.4 Å². The summed E-state index contributed by atoms with van der Waals surface area (Å²) in [7, 11) is 0. The van der Waals surface area contributed by atoms with E-state index in [0.717, 1.165) is 0 Å². The number of H-pyrrole nitrogens is 1. The second-order valence-corrected chi connectivity index (χ2v) is 9.02. The van der Waals surface area contributed by atoms with Crippen molar-refractivity contribution in [3.05, 3.63) is 33.6 Å². The summed E-state index contributed by atoms with van der Waals surface area (Å²) in [6.07, 6.45) is 1.51. The summed E-state index contributed by atoms with van der Waals surface area (Å²) < 4.78 is 10.6. The molecule has 0 bridgehead atoms. The van der Waals surface area contributed by atoms with Crippen molar-refractivity contribution in [2.45, 2.75) is 51.3 Å². The lowest BCUT2D eigenvalue weighted by Crippen LogP contribution is -2.68. The van der Waals surface area contributed by atoms with Crippen molar-refractivity contribution >= 4 is 35.6 Å². The van der Waals surface area contributed by atoms with Gasteiger partial charge in [-0.25, -0.2) is 9.78 Å². The molecule has 3 rings (SSSR count). The van der Waals surface area contributed by atoms with Gasteiger partial charge in [0.2, 0.25) is 5.95 Å². The van der Waals surface area contributed by atoms with E-state index in [9.17, 15) is 14.4 Å². The molecule has 2 atom stereocenters. The van der Waals surface area contributed by atoms with Crippen LogP contribution in [-0.2, 0) is 30.4 Å². The van der Waals surface area contributed by atoms with Gasteiger partial charge in [0.15, 0.2) is 0 Å². The number of thioether (sulfide) groups is 1. The number of carbonyl (C=O) groups is 3. The van der Waals surface area contributed by atoms with Crippen LogP contribution in [0.2, 0.25) is 0 Å². The SMILES string of the molecule is CC(=O)OCC1=C(C(=O)OC(C)(C)C)N2C(=O)C(Nc3ncc(CN=[N+]=[N-])[nH]3)[C@H]2SC1.